The molecule has 0 spiro atoms. The number of nitrogens with zero attached hydrogens (tertiary/aromatic N) is 3. The molecule has 2 saturated heterocycles. The Morgan fingerprint density at radius 3 is 2.47 bits per heavy atom. The number of halogens is 1. The molecule has 158 valence electrons. The highest BCUT2D eigenvalue weighted by molar-refractivity contribution is 5.97. The Morgan fingerprint density at radius 1 is 1.03 bits per heavy atom. The van der Waals surface area contributed by atoms with Gasteiger partial charge in [-0.2, -0.15) is 0 Å². The fourth-order valence-corrected chi connectivity index (χ4v) is 4.07. The van der Waals surface area contributed by atoms with Gasteiger partial charge in [0.1, 0.15) is 5.82 Å². The summed E-state index contributed by atoms with van der Waals surface area (Å²) in [6.45, 7) is 6.73. The first-order valence-corrected chi connectivity index (χ1v) is 10.3. The van der Waals surface area contributed by atoms with Crippen LogP contribution in [0.5, 0.6) is 0 Å². The number of benzene rings is 2. The third-order valence-corrected chi connectivity index (χ3v) is 6.01. The number of rotatable bonds is 3. The molecular formula is C23H27FN4O2. The Kier molecular flexibility index (Phi) is 5.61. The molecule has 2 aromatic rings. The summed E-state index contributed by atoms with van der Waals surface area (Å²) in [4.78, 5) is 30.6. The molecule has 0 aromatic heterocycles. The first kappa shape index (κ1) is 20.2. The van der Waals surface area contributed by atoms with E-state index < -0.39 is 0 Å². The Hall–Kier alpha value is -3.09. The average Bonchev–Trinajstić information content (AvgIpc) is 3.10. The van der Waals surface area contributed by atoms with E-state index in [9.17, 15) is 14.0 Å². The first-order valence-electron chi connectivity index (χ1n) is 10.3. The first-order chi connectivity index (χ1) is 14.4. The second-order valence-corrected chi connectivity index (χ2v) is 8.05. The summed E-state index contributed by atoms with van der Waals surface area (Å²) < 4.78 is 14.0. The quantitative estimate of drug-likeness (QED) is 0.846. The van der Waals surface area contributed by atoms with E-state index in [2.05, 4.69) is 5.32 Å². The molecule has 0 saturated carbocycles. The van der Waals surface area contributed by atoms with Gasteiger partial charge in [0.25, 0.3) is 0 Å². The van der Waals surface area contributed by atoms with E-state index >= 15 is 0 Å². The molecule has 1 atom stereocenters. The predicted molar refractivity (Wildman–Crippen MR) is 115 cm³/mol. The molecule has 2 aliphatic heterocycles. The number of nitrogens with one attached hydrogen (secondary N) is 1. The van der Waals surface area contributed by atoms with Crippen molar-refractivity contribution in [3.05, 3.63) is 59.4 Å². The smallest absolute Gasteiger partial charge is 0.317 e. The molecule has 4 rings (SSSR count). The molecule has 7 heteroatoms. The van der Waals surface area contributed by atoms with Gasteiger partial charge in [-0.25, -0.2) is 9.18 Å². The zero-order valence-electron chi connectivity index (χ0n) is 17.4. The topological polar surface area (TPSA) is 55.9 Å². The van der Waals surface area contributed by atoms with Gasteiger partial charge in [-0.05, 0) is 49.2 Å². The summed E-state index contributed by atoms with van der Waals surface area (Å²) in [5, 5.41) is 3.00. The lowest BCUT2D eigenvalue weighted by atomic mass is 10.1. The average molecular weight is 410 g/mol. The van der Waals surface area contributed by atoms with E-state index in [0.29, 0.717) is 44.8 Å². The fraction of sp³-hybridized carbons (Fsp3) is 0.391. The lowest BCUT2D eigenvalue weighted by Crippen LogP contribution is -2.54. The van der Waals surface area contributed by atoms with Crippen LogP contribution in [0.25, 0.3) is 0 Å². The molecule has 30 heavy (non-hydrogen) atoms. The molecule has 3 amide bonds. The lowest BCUT2D eigenvalue weighted by Gasteiger charge is -2.36. The summed E-state index contributed by atoms with van der Waals surface area (Å²) in [5.74, 6) is -0.223. The van der Waals surface area contributed by atoms with Gasteiger partial charge in [0.2, 0.25) is 5.91 Å². The summed E-state index contributed by atoms with van der Waals surface area (Å²) in [6.07, 6.45) is 0.299. The van der Waals surface area contributed by atoms with Crippen LogP contribution in [-0.4, -0.2) is 55.6 Å². The predicted octanol–water partition coefficient (Wildman–Crippen LogP) is 3.08. The van der Waals surface area contributed by atoms with E-state index in [0.717, 1.165) is 11.3 Å². The summed E-state index contributed by atoms with van der Waals surface area (Å²) in [6, 6.07) is 12.3. The van der Waals surface area contributed by atoms with Gasteiger partial charge in [0, 0.05) is 44.8 Å². The largest absolute Gasteiger partial charge is 0.366 e. The Balaban J connectivity index is 1.32. The zero-order chi connectivity index (χ0) is 21.3. The van der Waals surface area contributed by atoms with Crippen LogP contribution in [0.4, 0.5) is 20.6 Å². The monoisotopic (exact) mass is 410 g/mol. The number of hydrogen-bond donors (Lipinski definition) is 1. The van der Waals surface area contributed by atoms with Crippen LogP contribution in [-0.2, 0) is 4.79 Å². The van der Waals surface area contributed by atoms with Crippen molar-refractivity contribution < 1.29 is 14.0 Å². The Morgan fingerprint density at radius 2 is 1.77 bits per heavy atom. The van der Waals surface area contributed by atoms with Crippen LogP contribution in [0.15, 0.2) is 42.5 Å². The maximum Gasteiger partial charge on any atom is 0.317 e. The number of anilines is 2. The van der Waals surface area contributed by atoms with Crippen molar-refractivity contribution in [1.29, 1.82) is 0 Å². The van der Waals surface area contributed by atoms with Crippen LogP contribution in [0.3, 0.4) is 0 Å². The van der Waals surface area contributed by atoms with E-state index in [1.54, 1.807) is 21.9 Å². The zero-order valence-corrected chi connectivity index (χ0v) is 17.4. The van der Waals surface area contributed by atoms with E-state index in [-0.39, 0.29) is 23.8 Å². The lowest BCUT2D eigenvalue weighted by molar-refractivity contribution is -0.117. The number of amides is 3. The molecule has 2 heterocycles. The van der Waals surface area contributed by atoms with Crippen molar-refractivity contribution in [3.8, 4) is 0 Å². The maximum atomic E-state index is 14.0. The summed E-state index contributed by atoms with van der Waals surface area (Å²) >= 11 is 0. The van der Waals surface area contributed by atoms with Crippen LogP contribution in [0.2, 0.25) is 0 Å². The van der Waals surface area contributed by atoms with Crippen molar-refractivity contribution >= 4 is 23.3 Å². The second-order valence-electron chi connectivity index (χ2n) is 8.05. The number of piperazine rings is 1. The van der Waals surface area contributed by atoms with E-state index in [4.69, 9.17) is 0 Å². The SMILES string of the molecule is Cc1ccc(N2CC(NC(=O)N3CCN(c4ccccc4F)CC3)CC2=O)cc1C. The molecule has 2 aromatic carbocycles. The minimum atomic E-state index is -0.244. The normalized spacial score (nSPS) is 19.4. The molecule has 2 aliphatic rings. The number of hydrogen-bond acceptors (Lipinski definition) is 3. The number of carbonyl (C=O) groups excluding carboxylic acids is 2. The summed E-state index contributed by atoms with van der Waals surface area (Å²) in [7, 11) is 0. The highest BCUT2D eigenvalue weighted by Gasteiger charge is 2.33. The molecule has 0 aliphatic carbocycles. The minimum absolute atomic E-state index is 0.0212. The standard InChI is InChI=1S/C23H27FN4O2/c1-16-7-8-19(13-17(16)2)28-15-18(14-22(28)29)25-23(30)27-11-9-26(10-12-27)21-6-4-3-5-20(21)24/h3-8,13,18H,9-12,14-15H2,1-2H3,(H,25,30). The Bertz CT molecular complexity index is 956. The minimum Gasteiger partial charge on any atom is -0.366 e. The van der Waals surface area contributed by atoms with Gasteiger partial charge in [0.05, 0.1) is 11.7 Å². The third-order valence-electron chi connectivity index (χ3n) is 6.01. The highest BCUT2D eigenvalue weighted by atomic mass is 19.1. The third kappa shape index (κ3) is 4.10. The van der Waals surface area contributed by atoms with Crippen LogP contribution < -0.4 is 15.1 Å². The molecule has 2 fully saturated rings. The molecular weight excluding hydrogens is 383 g/mol. The van der Waals surface area contributed by atoms with Crippen LogP contribution >= 0.6 is 0 Å². The van der Waals surface area contributed by atoms with Gasteiger partial charge in [0.15, 0.2) is 0 Å². The van der Waals surface area contributed by atoms with Crippen molar-refractivity contribution in [2.45, 2.75) is 26.3 Å². The van der Waals surface area contributed by atoms with Crippen molar-refractivity contribution in [2.75, 3.05) is 42.5 Å². The number of para-hydroxylation sites is 1. The van der Waals surface area contributed by atoms with Crippen LogP contribution in [0, 0.1) is 19.7 Å². The Labute approximate surface area is 176 Å². The van der Waals surface area contributed by atoms with Crippen molar-refractivity contribution in [1.82, 2.24) is 10.2 Å². The molecule has 0 radical (unpaired) electrons. The van der Waals surface area contributed by atoms with Crippen molar-refractivity contribution in [3.63, 3.8) is 0 Å². The van der Waals surface area contributed by atoms with Gasteiger partial charge in [-0.15, -0.1) is 0 Å². The maximum absolute atomic E-state index is 14.0. The second kappa shape index (κ2) is 8.34. The van der Waals surface area contributed by atoms with Gasteiger partial charge < -0.3 is 20.0 Å². The molecule has 6 nitrogen and oxygen atoms in total. The van der Waals surface area contributed by atoms with E-state index in [1.165, 1.54) is 11.6 Å². The highest BCUT2D eigenvalue weighted by Crippen LogP contribution is 2.24. The molecule has 1 N–H and O–H groups in total. The molecule has 0 bridgehead atoms. The number of urea groups is 1. The fourth-order valence-electron chi connectivity index (χ4n) is 4.07. The summed E-state index contributed by atoms with van der Waals surface area (Å²) in [5.41, 5.74) is 3.77. The number of aryl methyl sites for hydroxylation is 2. The molecule has 1 unspecified atom stereocenters. The number of carbonyl (C=O) groups is 2. The van der Waals surface area contributed by atoms with Crippen molar-refractivity contribution in [2.24, 2.45) is 0 Å². The van der Waals surface area contributed by atoms with Gasteiger partial charge in [-0.1, -0.05) is 18.2 Å². The van der Waals surface area contributed by atoms with Gasteiger partial charge >= 0.3 is 6.03 Å². The van der Waals surface area contributed by atoms with E-state index in [1.807, 2.05) is 43.0 Å². The van der Waals surface area contributed by atoms with Gasteiger partial charge in [-0.3, -0.25) is 4.79 Å². The van der Waals surface area contributed by atoms with Crippen LogP contribution in [0.1, 0.15) is 17.5 Å².